The molecule has 1 atom stereocenters. The van der Waals surface area contributed by atoms with E-state index in [1.807, 2.05) is 0 Å². The van der Waals surface area contributed by atoms with Crippen molar-refractivity contribution < 1.29 is 4.79 Å². The second-order valence-corrected chi connectivity index (χ2v) is 5.80. The minimum atomic E-state index is -0.232. The summed E-state index contributed by atoms with van der Waals surface area (Å²) in [5.74, 6) is 0.318. The van der Waals surface area contributed by atoms with Crippen molar-refractivity contribution in [3.8, 4) is 0 Å². The normalized spacial score (nSPS) is 29.6. The van der Waals surface area contributed by atoms with Gasteiger partial charge in [-0.05, 0) is 26.8 Å². The van der Waals surface area contributed by atoms with Crippen LogP contribution in [0.3, 0.4) is 0 Å². The quantitative estimate of drug-likeness (QED) is 0.770. The van der Waals surface area contributed by atoms with E-state index in [-0.39, 0.29) is 5.41 Å². The predicted molar refractivity (Wildman–Crippen MR) is 68.6 cm³/mol. The van der Waals surface area contributed by atoms with Crippen LogP contribution in [0.15, 0.2) is 0 Å². The molecule has 0 aromatic heterocycles. The molecule has 0 aromatic rings. The number of nitrogens with zero attached hydrogens (tertiary/aromatic N) is 2. The van der Waals surface area contributed by atoms with E-state index in [1.165, 1.54) is 0 Å². The van der Waals surface area contributed by atoms with Crippen LogP contribution in [-0.4, -0.2) is 55.0 Å². The van der Waals surface area contributed by atoms with Gasteiger partial charge in [-0.2, -0.15) is 0 Å². The highest BCUT2D eigenvalue weighted by atomic mass is 16.2. The van der Waals surface area contributed by atoms with Crippen LogP contribution < -0.4 is 5.73 Å². The Bertz CT molecular complexity index is 286. The van der Waals surface area contributed by atoms with Crippen LogP contribution in [0.1, 0.15) is 32.6 Å². The topological polar surface area (TPSA) is 49.6 Å². The van der Waals surface area contributed by atoms with E-state index in [4.69, 9.17) is 5.73 Å². The summed E-state index contributed by atoms with van der Waals surface area (Å²) in [6.45, 7) is 5.49. The summed E-state index contributed by atoms with van der Waals surface area (Å²) >= 11 is 0. The molecule has 2 rings (SSSR count). The van der Waals surface area contributed by atoms with Crippen LogP contribution >= 0.6 is 0 Å². The molecule has 1 unspecified atom stereocenters. The number of hydrogen-bond donors (Lipinski definition) is 1. The lowest BCUT2D eigenvalue weighted by atomic mass is 9.84. The van der Waals surface area contributed by atoms with E-state index >= 15 is 0 Å². The van der Waals surface area contributed by atoms with E-state index in [0.717, 1.165) is 45.3 Å². The molecule has 1 saturated heterocycles. The number of amides is 1. The number of piperazine rings is 1. The first kappa shape index (κ1) is 12.8. The molecule has 2 aliphatic rings. The Labute approximate surface area is 104 Å². The molecule has 0 bridgehead atoms. The molecule has 98 valence electrons. The van der Waals surface area contributed by atoms with Crippen molar-refractivity contribution >= 4 is 5.91 Å². The maximum Gasteiger partial charge on any atom is 0.230 e. The third-order valence-electron chi connectivity index (χ3n) is 4.50. The molecule has 2 N–H and O–H groups in total. The summed E-state index contributed by atoms with van der Waals surface area (Å²) in [5.41, 5.74) is 5.66. The van der Waals surface area contributed by atoms with Crippen molar-refractivity contribution in [2.24, 2.45) is 11.1 Å². The Balaban J connectivity index is 2.08. The van der Waals surface area contributed by atoms with Gasteiger partial charge < -0.3 is 15.5 Å². The number of nitrogens with two attached hydrogens (primary N) is 1. The maximum atomic E-state index is 12.7. The lowest BCUT2D eigenvalue weighted by molar-refractivity contribution is -0.145. The van der Waals surface area contributed by atoms with Gasteiger partial charge in [-0.1, -0.05) is 12.8 Å². The van der Waals surface area contributed by atoms with Gasteiger partial charge >= 0.3 is 0 Å². The maximum absolute atomic E-state index is 12.7. The van der Waals surface area contributed by atoms with Crippen molar-refractivity contribution in [2.75, 3.05) is 33.2 Å². The lowest BCUT2D eigenvalue weighted by Gasteiger charge is -2.42. The molecule has 2 fully saturated rings. The highest BCUT2D eigenvalue weighted by molar-refractivity contribution is 5.83. The fourth-order valence-electron chi connectivity index (χ4n) is 3.30. The van der Waals surface area contributed by atoms with Crippen molar-refractivity contribution in [1.29, 1.82) is 0 Å². The lowest BCUT2D eigenvalue weighted by Crippen LogP contribution is -2.57. The molecule has 4 nitrogen and oxygen atoms in total. The molecule has 1 aliphatic carbocycles. The first-order valence-electron chi connectivity index (χ1n) is 6.79. The monoisotopic (exact) mass is 239 g/mol. The number of likely N-dealkylation sites (N-methyl/N-ethyl adjacent to an activating group) is 1. The second kappa shape index (κ2) is 4.94. The third kappa shape index (κ3) is 2.33. The van der Waals surface area contributed by atoms with E-state index in [9.17, 15) is 4.79 Å². The first-order valence-corrected chi connectivity index (χ1v) is 6.79. The highest BCUT2D eigenvalue weighted by Crippen LogP contribution is 2.39. The van der Waals surface area contributed by atoms with Gasteiger partial charge in [0.1, 0.15) is 0 Å². The van der Waals surface area contributed by atoms with E-state index in [1.54, 1.807) is 0 Å². The standard InChI is InChI=1S/C13H25N3O/c1-11-9-15(2)7-8-16(11)12(17)13(10-14)5-3-4-6-13/h11H,3-10,14H2,1-2H3. The fourth-order valence-corrected chi connectivity index (χ4v) is 3.30. The molecule has 0 aromatic carbocycles. The zero-order valence-corrected chi connectivity index (χ0v) is 11.1. The number of hydrogen-bond acceptors (Lipinski definition) is 3. The summed E-state index contributed by atoms with van der Waals surface area (Å²) in [6.07, 6.45) is 4.29. The van der Waals surface area contributed by atoms with Crippen LogP contribution in [0.2, 0.25) is 0 Å². The minimum Gasteiger partial charge on any atom is -0.337 e. The average molecular weight is 239 g/mol. The summed E-state index contributed by atoms with van der Waals surface area (Å²) < 4.78 is 0. The zero-order chi connectivity index (χ0) is 12.5. The third-order valence-corrected chi connectivity index (χ3v) is 4.50. The van der Waals surface area contributed by atoms with Crippen molar-refractivity contribution in [2.45, 2.75) is 38.6 Å². The molecular formula is C13H25N3O. The van der Waals surface area contributed by atoms with E-state index in [2.05, 4.69) is 23.8 Å². The molecule has 1 saturated carbocycles. The highest BCUT2D eigenvalue weighted by Gasteiger charge is 2.44. The van der Waals surface area contributed by atoms with Gasteiger partial charge in [-0.25, -0.2) is 0 Å². The molecule has 1 heterocycles. The Morgan fingerprint density at radius 1 is 1.35 bits per heavy atom. The number of rotatable bonds is 2. The van der Waals surface area contributed by atoms with Crippen LogP contribution in [0.25, 0.3) is 0 Å². The van der Waals surface area contributed by atoms with E-state index in [0.29, 0.717) is 18.5 Å². The van der Waals surface area contributed by atoms with Crippen LogP contribution in [0.4, 0.5) is 0 Å². The Morgan fingerprint density at radius 3 is 2.53 bits per heavy atom. The van der Waals surface area contributed by atoms with Gasteiger partial charge in [0.2, 0.25) is 5.91 Å². The van der Waals surface area contributed by atoms with Gasteiger partial charge in [-0.3, -0.25) is 4.79 Å². The molecule has 1 aliphatic heterocycles. The van der Waals surface area contributed by atoms with Crippen LogP contribution in [-0.2, 0) is 4.79 Å². The van der Waals surface area contributed by atoms with Gasteiger partial charge in [0, 0.05) is 32.2 Å². The molecule has 4 heteroatoms. The summed E-state index contributed by atoms with van der Waals surface area (Å²) in [4.78, 5) is 17.1. The smallest absolute Gasteiger partial charge is 0.230 e. The molecule has 0 spiro atoms. The van der Waals surface area contributed by atoms with Crippen molar-refractivity contribution in [3.05, 3.63) is 0 Å². The Morgan fingerprint density at radius 2 is 2.00 bits per heavy atom. The molecule has 17 heavy (non-hydrogen) atoms. The Kier molecular flexibility index (Phi) is 3.73. The van der Waals surface area contributed by atoms with Crippen molar-refractivity contribution in [1.82, 2.24) is 9.80 Å². The largest absolute Gasteiger partial charge is 0.337 e. The fraction of sp³-hybridized carbons (Fsp3) is 0.923. The van der Waals surface area contributed by atoms with Gasteiger partial charge in [0.05, 0.1) is 5.41 Å². The SMILES string of the molecule is CC1CN(C)CCN1C(=O)C1(CN)CCCC1. The molecule has 1 amide bonds. The number of carbonyl (C=O) groups excluding carboxylic acids is 1. The average Bonchev–Trinajstić information content (AvgIpc) is 2.78. The zero-order valence-electron chi connectivity index (χ0n) is 11.1. The Hall–Kier alpha value is -0.610. The summed E-state index contributed by atoms with van der Waals surface area (Å²) in [7, 11) is 2.12. The van der Waals surface area contributed by atoms with Crippen molar-refractivity contribution in [3.63, 3.8) is 0 Å². The first-order chi connectivity index (χ1) is 8.09. The minimum absolute atomic E-state index is 0.232. The van der Waals surface area contributed by atoms with Gasteiger partial charge in [0.15, 0.2) is 0 Å². The molecular weight excluding hydrogens is 214 g/mol. The summed E-state index contributed by atoms with van der Waals surface area (Å²) in [5, 5.41) is 0. The van der Waals surface area contributed by atoms with E-state index < -0.39 is 0 Å². The number of carbonyl (C=O) groups is 1. The molecule has 0 radical (unpaired) electrons. The second-order valence-electron chi connectivity index (χ2n) is 5.80. The van der Waals surface area contributed by atoms with Gasteiger partial charge in [0.25, 0.3) is 0 Å². The van der Waals surface area contributed by atoms with Crippen LogP contribution in [0, 0.1) is 5.41 Å². The summed E-state index contributed by atoms with van der Waals surface area (Å²) in [6, 6.07) is 0.324. The van der Waals surface area contributed by atoms with Crippen LogP contribution in [0.5, 0.6) is 0 Å². The van der Waals surface area contributed by atoms with Gasteiger partial charge in [-0.15, -0.1) is 0 Å². The predicted octanol–water partition coefficient (Wildman–Crippen LogP) is 0.668.